The predicted octanol–water partition coefficient (Wildman–Crippen LogP) is 1.58. The fourth-order valence-corrected chi connectivity index (χ4v) is 2.50. The molecule has 0 saturated carbocycles. The van der Waals surface area contributed by atoms with Crippen LogP contribution in [0, 0.1) is 11.8 Å². The van der Waals surface area contributed by atoms with E-state index in [2.05, 4.69) is 36.0 Å². The van der Waals surface area contributed by atoms with Crippen molar-refractivity contribution in [3.8, 4) is 0 Å². The summed E-state index contributed by atoms with van der Waals surface area (Å²) in [6.45, 7) is 11.3. The second-order valence-corrected chi connectivity index (χ2v) is 5.08. The number of aliphatic imine (C=N–C) groups is 1. The molecule has 1 heterocycles. The Morgan fingerprint density at radius 1 is 1.35 bits per heavy atom. The molecular weight excluding hydrogens is 214 g/mol. The van der Waals surface area contributed by atoms with Crippen molar-refractivity contribution < 1.29 is 4.74 Å². The van der Waals surface area contributed by atoms with E-state index in [0.717, 1.165) is 44.0 Å². The van der Waals surface area contributed by atoms with E-state index in [4.69, 9.17) is 4.74 Å². The molecule has 1 aliphatic heterocycles. The zero-order valence-corrected chi connectivity index (χ0v) is 11.7. The van der Waals surface area contributed by atoms with Gasteiger partial charge < -0.3 is 15.0 Å². The van der Waals surface area contributed by atoms with Crippen molar-refractivity contribution in [1.29, 1.82) is 0 Å². The Bertz CT molecular complexity index is 233. The summed E-state index contributed by atoms with van der Waals surface area (Å²) in [5, 5.41) is 3.37. The Morgan fingerprint density at radius 3 is 2.53 bits per heavy atom. The Balaban J connectivity index is 2.58. The number of methoxy groups -OCH3 is 1. The van der Waals surface area contributed by atoms with Crippen LogP contribution >= 0.6 is 0 Å². The number of piperidine rings is 1. The lowest BCUT2D eigenvalue weighted by molar-refractivity contribution is 0.200. The maximum absolute atomic E-state index is 5.05. The normalized spacial score (nSPS) is 26.1. The first-order valence-electron chi connectivity index (χ1n) is 6.69. The van der Waals surface area contributed by atoms with Crippen molar-refractivity contribution in [2.24, 2.45) is 16.8 Å². The van der Waals surface area contributed by atoms with Crippen LogP contribution in [0.1, 0.15) is 27.2 Å². The monoisotopic (exact) mass is 241 g/mol. The standard InChI is InChI=1S/C13H27N3O/c1-5-14-13(15-6-7-17-4)16-9-11(2)8-12(3)10-16/h11-12H,5-10H2,1-4H3,(H,14,15). The van der Waals surface area contributed by atoms with Crippen LogP contribution in [0.25, 0.3) is 0 Å². The predicted molar refractivity (Wildman–Crippen MR) is 72.4 cm³/mol. The smallest absolute Gasteiger partial charge is 0.194 e. The van der Waals surface area contributed by atoms with Crippen molar-refractivity contribution >= 4 is 5.96 Å². The molecule has 1 aliphatic rings. The number of hydrogen-bond donors (Lipinski definition) is 1. The topological polar surface area (TPSA) is 36.9 Å². The fraction of sp³-hybridized carbons (Fsp3) is 0.923. The lowest BCUT2D eigenvalue weighted by Crippen LogP contribution is -2.48. The molecule has 1 N–H and O–H groups in total. The molecule has 2 unspecified atom stereocenters. The van der Waals surface area contributed by atoms with Gasteiger partial charge in [-0.25, -0.2) is 0 Å². The van der Waals surface area contributed by atoms with Gasteiger partial charge in [-0.05, 0) is 25.2 Å². The highest BCUT2D eigenvalue weighted by atomic mass is 16.5. The van der Waals surface area contributed by atoms with Crippen LogP contribution in [0.15, 0.2) is 4.99 Å². The summed E-state index contributed by atoms with van der Waals surface area (Å²) >= 11 is 0. The molecule has 0 aromatic carbocycles. The summed E-state index contributed by atoms with van der Waals surface area (Å²) in [5.74, 6) is 2.55. The van der Waals surface area contributed by atoms with Crippen LogP contribution in [-0.4, -0.2) is 50.8 Å². The van der Waals surface area contributed by atoms with Gasteiger partial charge in [0.05, 0.1) is 13.2 Å². The molecule has 17 heavy (non-hydrogen) atoms. The molecule has 0 amide bonds. The van der Waals surface area contributed by atoms with E-state index < -0.39 is 0 Å². The van der Waals surface area contributed by atoms with Gasteiger partial charge in [0.2, 0.25) is 0 Å². The fourth-order valence-electron chi connectivity index (χ4n) is 2.50. The van der Waals surface area contributed by atoms with Gasteiger partial charge in [-0.15, -0.1) is 0 Å². The summed E-state index contributed by atoms with van der Waals surface area (Å²) in [7, 11) is 1.72. The van der Waals surface area contributed by atoms with Crippen LogP contribution in [0.2, 0.25) is 0 Å². The Morgan fingerprint density at radius 2 is 2.00 bits per heavy atom. The number of ether oxygens (including phenoxy) is 1. The molecule has 1 rings (SSSR count). The molecule has 1 fully saturated rings. The molecule has 0 aliphatic carbocycles. The van der Waals surface area contributed by atoms with E-state index in [0.29, 0.717) is 6.61 Å². The summed E-state index contributed by atoms with van der Waals surface area (Å²) in [4.78, 5) is 6.99. The average molecular weight is 241 g/mol. The van der Waals surface area contributed by atoms with Crippen LogP contribution in [0.3, 0.4) is 0 Å². The number of guanidine groups is 1. The number of likely N-dealkylation sites (tertiary alicyclic amines) is 1. The molecule has 0 radical (unpaired) electrons. The molecule has 100 valence electrons. The maximum atomic E-state index is 5.05. The molecule has 0 spiro atoms. The third-order valence-corrected chi connectivity index (χ3v) is 3.06. The zero-order chi connectivity index (χ0) is 12.7. The van der Waals surface area contributed by atoms with Crippen molar-refractivity contribution in [2.45, 2.75) is 27.2 Å². The molecule has 4 nitrogen and oxygen atoms in total. The minimum absolute atomic E-state index is 0.688. The first-order chi connectivity index (χ1) is 8.17. The van der Waals surface area contributed by atoms with Crippen molar-refractivity contribution in [3.05, 3.63) is 0 Å². The number of rotatable bonds is 4. The first-order valence-corrected chi connectivity index (χ1v) is 6.69. The quantitative estimate of drug-likeness (QED) is 0.461. The summed E-state index contributed by atoms with van der Waals surface area (Å²) in [6.07, 6.45) is 1.33. The molecule has 4 heteroatoms. The SMILES string of the molecule is CCNC(=NCCOC)N1CC(C)CC(C)C1. The highest BCUT2D eigenvalue weighted by Gasteiger charge is 2.23. The van der Waals surface area contributed by atoms with E-state index in [-0.39, 0.29) is 0 Å². The van der Waals surface area contributed by atoms with Gasteiger partial charge >= 0.3 is 0 Å². The van der Waals surface area contributed by atoms with Crippen LogP contribution in [0.4, 0.5) is 0 Å². The molecule has 2 atom stereocenters. The second-order valence-electron chi connectivity index (χ2n) is 5.08. The highest BCUT2D eigenvalue weighted by molar-refractivity contribution is 5.80. The maximum Gasteiger partial charge on any atom is 0.194 e. The van der Waals surface area contributed by atoms with Gasteiger partial charge in [-0.3, -0.25) is 4.99 Å². The molecule has 0 aromatic rings. The van der Waals surface area contributed by atoms with Gasteiger partial charge in [0.25, 0.3) is 0 Å². The molecular formula is C13H27N3O. The lowest BCUT2D eigenvalue weighted by atomic mass is 9.92. The molecule has 0 aromatic heterocycles. The van der Waals surface area contributed by atoms with E-state index in [1.54, 1.807) is 7.11 Å². The minimum atomic E-state index is 0.688. The number of nitrogens with one attached hydrogen (secondary N) is 1. The van der Waals surface area contributed by atoms with Gasteiger partial charge in [-0.1, -0.05) is 13.8 Å². The van der Waals surface area contributed by atoms with Gasteiger partial charge in [0.1, 0.15) is 0 Å². The minimum Gasteiger partial charge on any atom is -0.383 e. The summed E-state index contributed by atoms with van der Waals surface area (Å²) in [5.41, 5.74) is 0. The van der Waals surface area contributed by atoms with Crippen molar-refractivity contribution in [3.63, 3.8) is 0 Å². The Labute approximate surface area is 105 Å². The van der Waals surface area contributed by atoms with Crippen LogP contribution in [-0.2, 0) is 4.74 Å². The van der Waals surface area contributed by atoms with Gasteiger partial charge in [-0.2, -0.15) is 0 Å². The number of nitrogens with zero attached hydrogens (tertiary/aromatic N) is 2. The largest absolute Gasteiger partial charge is 0.383 e. The lowest BCUT2D eigenvalue weighted by Gasteiger charge is -2.37. The Hall–Kier alpha value is -0.770. The van der Waals surface area contributed by atoms with E-state index in [1.165, 1.54) is 6.42 Å². The summed E-state index contributed by atoms with van der Waals surface area (Å²) < 4.78 is 5.05. The van der Waals surface area contributed by atoms with Gasteiger partial charge in [0.15, 0.2) is 5.96 Å². The molecule has 1 saturated heterocycles. The van der Waals surface area contributed by atoms with Crippen LogP contribution < -0.4 is 5.32 Å². The van der Waals surface area contributed by atoms with Crippen molar-refractivity contribution in [2.75, 3.05) is 39.9 Å². The second kappa shape index (κ2) is 7.54. The average Bonchev–Trinajstić information content (AvgIpc) is 2.27. The number of hydrogen-bond acceptors (Lipinski definition) is 2. The third kappa shape index (κ3) is 4.94. The van der Waals surface area contributed by atoms with Crippen molar-refractivity contribution in [1.82, 2.24) is 10.2 Å². The van der Waals surface area contributed by atoms with E-state index in [9.17, 15) is 0 Å². The third-order valence-electron chi connectivity index (χ3n) is 3.06. The van der Waals surface area contributed by atoms with E-state index >= 15 is 0 Å². The van der Waals surface area contributed by atoms with Crippen LogP contribution in [0.5, 0.6) is 0 Å². The first kappa shape index (κ1) is 14.3. The molecule has 0 bridgehead atoms. The zero-order valence-electron chi connectivity index (χ0n) is 11.7. The Kier molecular flexibility index (Phi) is 6.34. The van der Waals surface area contributed by atoms with E-state index in [1.807, 2.05) is 0 Å². The summed E-state index contributed by atoms with van der Waals surface area (Å²) in [6, 6.07) is 0. The van der Waals surface area contributed by atoms with Gasteiger partial charge in [0, 0.05) is 26.7 Å². The highest BCUT2D eigenvalue weighted by Crippen LogP contribution is 2.20.